The number of hydrogen-bond acceptors (Lipinski definition) is 5. The Balaban J connectivity index is 1.69. The van der Waals surface area contributed by atoms with Crippen LogP contribution in [0.4, 0.5) is 0 Å². The van der Waals surface area contributed by atoms with E-state index in [0.29, 0.717) is 24.9 Å². The second-order valence-corrected chi connectivity index (χ2v) is 5.18. The van der Waals surface area contributed by atoms with E-state index in [1.807, 2.05) is 11.8 Å². The largest absolute Gasteiger partial charge is 0.377 e. The van der Waals surface area contributed by atoms with Crippen LogP contribution in [0.3, 0.4) is 0 Å². The van der Waals surface area contributed by atoms with Crippen molar-refractivity contribution in [2.24, 2.45) is 0 Å². The smallest absolute Gasteiger partial charge is 0.276 e. The summed E-state index contributed by atoms with van der Waals surface area (Å²) >= 11 is 0. The second-order valence-electron chi connectivity index (χ2n) is 5.18. The van der Waals surface area contributed by atoms with Gasteiger partial charge < -0.3 is 15.0 Å². The molecule has 19 heavy (non-hydrogen) atoms. The van der Waals surface area contributed by atoms with E-state index in [-0.39, 0.29) is 12.0 Å². The first-order valence-electron chi connectivity index (χ1n) is 6.77. The molecule has 1 aromatic heterocycles. The standard InChI is InChI=1S/C12H19N5O2/c1-9-7-16(3-2-4-19-9)12(18)11-8-17(15-14-11)10-5-13-6-10/h8-10,13H,2-7H2,1H3. The van der Waals surface area contributed by atoms with Crippen LogP contribution in [-0.4, -0.2) is 64.7 Å². The highest BCUT2D eigenvalue weighted by molar-refractivity contribution is 5.92. The van der Waals surface area contributed by atoms with E-state index >= 15 is 0 Å². The van der Waals surface area contributed by atoms with E-state index in [1.165, 1.54) is 0 Å². The molecular formula is C12H19N5O2. The van der Waals surface area contributed by atoms with Crippen molar-refractivity contribution in [3.63, 3.8) is 0 Å². The number of carbonyl (C=O) groups is 1. The third-order valence-electron chi connectivity index (χ3n) is 3.60. The highest BCUT2D eigenvalue weighted by atomic mass is 16.5. The highest BCUT2D eigenvalue weighted by Crippen LogP contribution is 2.13. The Kier molecular flexibility index (Phi) is 3.48. The SMILES string of the molecule is CC1CN(C(=O)c2cn(C3CNC3)nn2)CCCO1. The van der Waals surface area contributed by atoms with Crippen molar-refractivity contribution in [1.29, 1.82) is 0 Å². The minimum absolute atomic E-state index is 0.0455. The average Bonchev–Trinajstić information content (AvgIpc) is 2.68. The molecule has 1 amide bonds. The summed E-state index contributed by atoms with van der Waals surface area (Å²) in [5.74, 6) is -0.0455. The number of nitrogens with one attached hydrogen (secondary N) is 1. The van der Waals surface area contributed by atoms with Gasteiger partial charge in [-0.15, -0.1) is 5.10 Å². The zero-order valence-corrected chi connectivity index (χ0v) is 11.1. The Hall–Kier alpha value is -1.47. The van der Waals surface area contributed by atoms with Crippen molar-refractivity contribution in [3.05, 3.63) is 11.9 Å². The molecule has 2 aliphatic rings. The van der Waals surface area contributed by atoms with Gasteiger partial charge in [0.15, 0.2) is 5.69 Å². The molecule has 3 rings (SSSR count). The van der Waals surface area contributed by atoms with Gasteiger partial charge in [-0.2, -0.15) is 0 Å². The van der Waals surface area contributed by atoms with Gasteiger partial charge in [-0.1, -0.05) is 5.21 Å². The molecule has 0 saturated carbocycles. The number of rotatable bonds is 2. The molecule has 0 radical (unpaired) electrons. The molecule has 0 aromatic carbocycles. The second kappa shape index (κ2) is 5.26. The lowest BCUT2D eigenvalue weighted by Gasteiger charge is -2.26. The van der Waals surface area contributed by atoms with Crippen LogP contribution in [0.2, 0.25) is 0 Å². The summed E-state index contributed by atoms with van der Waals surface area (Å²) in [6, 6.07) is 0.334. The maximum Gasteiger partial charge on any atom is 0.276 e. The van der Waals surface area contributed by atoms with E-state index in [0.717, 1.165) is 26.1 Å². The Bertz CT molecular complexity index is 457. The Morgan fingerprint density at radius 3 is 3.11 bits per heavy atom. The molecule has 1 atom stereocenters. The minimum Gasteiger partial charge on any atom is -0.377 e. The van der Waals surface area contributed by atoms with Gasteiger partial charge in [0.2, 0.25) is 0 Å². The molecule has 1 aromatic rings. The fourth-order valence-corrected chi connectivity index (χ4v) is 2.35. The predicted octanol–water partition coefficient (Wildman–Crippen LogP) is -0.327. The number of hydrogen-bond donors (Lipinski definition) is 1. The molecule has 104 valence electrons. The van der Waals surface area contributed by atoms with Crippen LogP contribution in [0.1, 0.15) is 29.9 Å². The molecule has 2 fully saturated rings. The van der Waals surface area contributed by atoms with Crippen molar-refractivity contribution in [1.82, 2.24) is 25.2 Å². The predicted molar refractivity (Wildman–Crippen MR) is 67.9 cm³/mol. The van der Waals surface area contributed by atoms with Gasteiger partial charge in [-0.3, -0.25) is 4.79 Å². The monoisotopic (exact) mass is 265 g/mol. The van der Waals surface area contributed by atoms with Gasteiger partial charge in [-0.25, -0.2) is 4.68 Å². The first-order chi connectivity index (χ1) is 9.24. The van der Waals surface area contributed by atoms with E-state index in [1.54, 1.807) is 10.9 Å². The van der Waals surface area contributed by atoms with Crippen LogP contribution in [0.25, 0.3) is 0 Å². The molecule has 2 saturated heterocycles. The Labute approximate surface area is 111 Å². The van der Waals surface area contributed by atoms with Crippen LogP contribution < -0.4 is 5.32 Å². The average molecular weight is 265 g/mol. The number of ether oxygens (including phenoxy) is 1. The number of aromatic nitrogens is 3. The fraction of sp³-hybridized carbons (Fsp3) is 0.750. The third kappa shape index (κ3) is 2.62. The number of nitrogens with zero attached hydrogens (tertiary/aromatic N) is 4. The van der Waals surface area contributed by atoms with Crippen molar-refractivity contribution in [3.8, 4) is 0 Å². The van der Waals surface area contributed by atoms with E-state index in [9.17, 15) is 4.79 Å². The maximum absolute atomic E-state index is 12.4. The lowest BCUT2D eigenvalue weighted by molar-refractivity contribution is 0.0559. The van der Waals surface area contributed by atoms with Crippen molar-refractivity contribution in [2.45, 2.75) is 25.5 Å². The van der Waals surface area contributed by atoms with Gasteiger partial charge in [0.25, 0.3) is 5.91 Å². The summed E-state index contributed by atoms with van der Waals surface area (Å²) in [7, 11) is 0. The minimum atomic E-state index is -0.0455. The third-order valence-corrected chi connectivity index (χ3v) is 3.60. The first kappa shape index (κ1) is 12.6. The van der Waals surface area contributed by atoms with Gasteiger partial charge in [0.05, 0.1) is 18.3 Å². The van der Waals surface area contributed by atoms with Crippen molar-refractivity contribution >= 4 is 5.91 Å². The van der Waals surface area contributed by atoms with Gasteiger partial charge in [0, 0.05) is 32.8 Å². The molecule has 1 N–H and O–H groups in total. The van der Waals surface area contributed by atoms with Crippen LogP contribution in [0, 0.1) is 0 Å². The molecule has 7 heteroatoms. The molecule has 2 aliphatic heterocycles. The zero-order valence-electron chi connectivity index (χ0n) is 11.1. The Morgan fingerprint density at radius 2 is 2.37 bits per heavy atom. The summed E-state index contributed by atoms with van der Waals surface area (Å²) in [5.41, 5.74) is 0.431. The van der Waals surface area contributed by atoms with Gasteiger partial charge in [0.1, 0.15) is 0 Å². The van der Waals surface area contributed by atoms with Crippen molar-refractivity contribution in [2.75, 3.05) is 32.8 Å². The summed E-state index contributed by atoms with van der Waals surface area (Å²) in [6.45, 7) is 5.84. The number of amides is 1. The lowest BCUT2D eigenvalue weighted by atomic mass is 10.2. The van der Waals surface area contributed by atoms with Crippen LogP contribution >= 0.6 is 0 Å². The molecular weight excluding hydrogens is 246 g/mol. The summed E-state index contributed by atoms with van der Waals surface area (Å²) in [6.07, 6.45) is 2.71. The molecule has 0 bridgehead atoms. The maximum atomic E-state index is 12.4. The van der Waals surface area contributed by atoms with Crippen LogP contribution in [0.5, 0.6) is 0 Å². The highest BCUT2D eigenvalue weighted by Gasteiger charge is 2.25. The molecule has 0 aliphatic carbocycles. The van der Waals surface area contributed by atoms with E-state index < -0.39 is 0 Å². The topological polar surface area (TPSA) is 72.3 Å². The van der Waals surface area contributed by atoms with E-state index in [2.05, 4.69) is 15.6 Å². The van der Waals surface area contributed by atoms with Crippen LogP contribution in [-0.2, 0) is 4.74 Å². The summed E-state index contributed by atoms with van der Waals surface area (Å²) in [5, 5.41) is 11.2. The fourth-order valence-electron chi connectivity index (χ4n) is 2.35. The van der Waals surface area contributed by atoms with Crippen LogP contribution in [0.15, 0.2) is 6.20 Å². The molecule has 0 spiro atoms. The van der Waals surface area contributed by atoms with Gasteiger partial charge >= 0.3 is 0 Å². The molecule has 7 nitrogen and oxygen atoms in total. The summed E-state index contributed by atoms with van der Waals surface area (Å²) < 4.78 is 7.32. The Morgan fingerprint density at radius 1 is 1.53 bits per heavy atom. The summed E-state index contributed by atoms with van der Waals surface area (Å²) in [4.78, 5) is 14.2. The lowest BCUT2D eigenvalue weighted by Crippen LogP contribution is -2.43. The van der Waals surface area contributed by atoms with Crippen molar-refractivity contribution < 1.29 is 9.53 Å². The quantitative estimate of drug-likeness (QED) is 0.793. The molecule has 1 unspecified atom stereocenters. The number of carbonyl (C=O) groups excluding carboxylic acids is 1. The normalized spacial score (nSPS) is 24.9. The van der Waals surface area contributed by atoms with Gasteiger partial charge in [-0.05, 0) is 13.3 Å². The molecule has 3 heterocycles. The zero-order chi connectivity index (χ0) is 13.2. The van der Waals surface area contributed by atoms with E-state index in [4.69, 9.17) is 4.74 Å². The first-order valence-corrected chi connectivity index (χ1v) is 6.77.